The first-order valence-corrected chi connectivity index (χ1v) is 7.32. The quantitative estimate of drug-likeness (QED) is 0.805. The molecule has 2 N–H and O–H groups in total. The number of hydrogen-bond donors (Lipinski definition) is 2. The molecule has 0 radical (unpaired) electrons. The maximum atomic E-state index is 12.0. The Morgan fingerprint density at radius 3 is 2.22 bits per heavy atom. The van der Waals surface area contributed by atoms with Crippen molar-refractivity contribution in [2.45, 2.75) is 57.9 Å². The van der Waals surface area contributed by atoms with E-state index >= 15 is 0 Å². The van der Waals surface area contributed by atoms with Gasteiger partial charge in [-0.05, 0) is 62.3 Å². The molecule has 0 aromatic carbocycles. The van der Waals surface area contributed by atoms with Gasteiger partial charge in [0.25, 0.3) is 0 Å². The van der Waals surface area contributed by atoms with Gasteiger partial charge in [-0.15, -0.1) is 0 Å². The lowest BCUT2D eigenvalue weighted by Crippen LogP contribution is -2.65. The summed E-state index contributed by atoms with van der Waals surface area (Å²) in [5, 5.41) is 6.33. The van der Waals surface area contributed by atoms with Gasteiger partial charge in [-0.25, -0.2) is 0 Å². The molecule has 4 aliphatic rings. The van der Waals surface area contributed by atoms with Gasteiger partial charge in [0.15, 0.2) is 0 Å². The summed E-state index contributed by atoms with van der Waals surface area (Å²) in [6.45, 7) is 5.32. The first-order valence-electron chi connectivity index (χ1n) is 7.32. The number of amides is 1. The van der Waals surface area contributed by atoms with Gasteiger partial charge in [-0.3, -0.25) is 4.79 Å². The fourth-order valence-corrected chi connectivity index (χ4v) is 6.09. The van der Waals surface area contributed by atoms with Crippen LogP contribution < -0.4 is 10.6 Å². The molecule has 2 atom stereocenters. The van der Waals surface area contributed by atoms with E-state index in [1.807, 2.05) is 7.05 Å². The largest absolute Gasteiger partial charge is 0.350 e. The predicted octanol–water partition coefficient (Wildman–Crippen LogP) is 2.07. The molecule has 4 saturated carbocycles. The zero-order valence-electron chi connectivity index (χ0n) is 11.9. The summed E-state index contributed by atoms with van der Waals surface area (Å²) in [6, 6.07) is 0. The van der Waals surface area contributed by atoms with Crippen LogP contribution in [0.5, 0.6) is 0 Å². The Kier molecular flexibility index (Phi) is 2.58. The van der Waals surface area contributed by atoms with Crippen molar-refractivity contribution in [2.75, 3.05) is 13.6 Å². The lowest BCUT2D eigenvalue weighted by Gasteiger charge is -2.65. The number of carbonyl (C=O) groups is 1. The highest BCUT2D eigenvalue weighted by Gasteiger charge is 2.60. The van der Waals surface area contributed by atoms with Crippen molar-refractivity contribution in [3.8, 4) is 0 Å². The Morgan fingerprint density at radius 2 is 1.72 bits per heavy atom. The third-order valence-electron chi connectivity index (χ3n) is 5.37. The van der Waals surface area contributed by atoms with E-state index in [9.17, 15) is 4.79 Å². The lowest BCUT2D eigenvalue weighted by atomic mass is 9.43. The summed E-state index contributed by atoms with van der Waals surface area (Å²) >= 11 is 0. The van der Waals surface area contributed by atoms with Gasteiger partial charge in [-0.2, -0.15) is 0 Å². The van der Waals surface area contributed by atoms with Crippen LogP contribution in [-0.4, -0.2) is 25.0 Å². The lowest BCUT2D eigenvalue weighted by molar-refractivity contribution is -0.138. The van der Waals surface area contributed by atoms with Crippen LogP contribution in [0.2, 0.25) is 0 Å². The van der Waals surface area contributed by atoms with Crippen molar-refractivity contribution in [3.05, 3.63) is 0 Å². The maximum Gasteiger partial charge on any atom is 0.234 e. The number of nitrogens with one attached hydrogen (secondary N) is 2. The second kappa shape index (κ2) is 3.72. The molecular formula is C15H26N2O. The van der Waals surface area contributed by atoms with E-state index in [2.05, 4.69) is 24.5 Å². The monoisotopic (exact) mass is 250 g/mol. The molecule has 102 valence electrons. The van der Waals surface area contributed by atoms with E-state index in [0.29, 0.717) is 17.4 Å². The molecule has 0 spiro atoms. The molecule has 0 aliphatic heterocycles. The van der Waals surface area contributed by atoms with Gasteiger partial charge >= 0.3 is 0 Å². The minimum absolute atomic E-state index is 0.108. The first kappa shape index (κ1) is 12.5. The van der Waals surface area contributed by atoms with Crippen LogP contribution in [0.25, 0.3) is 0 Å². The van der Waals surface area contributed by atoms with Crippen LogP contribution >= 0.6 is 0 Å². The van der Waals surface area contributed by atoms with Crippen molar-refractivity contribution in [3.63, 3.8) is 0 Å². The van der Waals surface area contributed by atoms with Crippen LogP contribution in [0.15, 0.2) is 0 Å². The van der Waals surface area contributed by atoms with Crippen LogP contribution in [0.1, 0.15) is 52.4 Å². The van der Waals surface area contributed by atoms with Crippen LogP contribution in [0.3, 0.4) is 0 Å². The van der Waals surface area contributed by atoms with E-state index < -0.39 is 0 Å². The average Bonchev–Trinajstić information content (AvgIpc) is 2.09. The Hall–Kier alpha value is -0.570. The third kappa shape index (κ3) is 1.97. The SMILES string of the molecule is CNCC(=O)NC12CC3CC(C)(CC(C)(C3)C1)C2. The molecule has 0 saturated heterocycles. The van der Waals surface area contributed by atoms with Gasteiger partial charge in [0.2, 0.25) is 5.91 Å². The van der Waals surface area contributed by atoms with Crippen molar-refractivity contribution in [2.24, 2.45) is 16.7 Å². The van der Waals surface area contributed by atoms with Crippen LogP contribution in [0, 0.1) is 16.7 Å². The second-order valence-corrected chi connectivity index (χ2v) is 7.99. The molecule has 4 aliphatic carbocycles. The smallest absolute Gasteiger partial charge is 0.234 e. The summed E-state index contributed by atoms with van der Waals surface area (Å²) in [7, 11) is 1.84. The number of likely N-dealkylation sites (N-methyl/N-ethyl adjacent to an activating group) is 1. The molecule has 3 heteroatoms. The normalized spacial score (nSPS) is 49.4. The fraction of sp³-hybridized carbons (Fsp3) is 0.933. The van der Waals surface area contributed by atoms with E-state index in [0.717, 1.165) is 5.92 Å². The molecule has 0 aromatic heterocycles. The molecule has 4 rings (SSSR count). The Balaban J connectivity index is 1.82. The summed E-state index contributed by atoms with van der Waals surface area (Å²) in [5.74, 6) is 1.01. The Labute approximate surface area is 110 Å². The summed E-state index contributed by atoms with van der Waals surface area (Å²) in [5.41, 5.74) is 1.05. The van der Waals surface area contributed by atoms with Gasteiger partial charge < -0.3 is 10.6 Å². The van der Waals surface area contributed by atoms with Crippen LogP contribution in [-0.2, 0) is 4.79 Å². The summed E-state index contributed by atoms with van der Waals surface area (Å²) in [6.07, 6.45) is 7.73. The van der Waals surface area contributed by atoms with E-state index in [4.69, 9.17) is 0 Å². The number of carbonyl (C=O) groups excluding carboxylic acids is 1. The third-order valence-corrected chi connectivity index (χ3v) is 5.37. The van der Waals surface area contributed by atoms with Crippen LogP contribution in [0.4, 0.5) is 0 Å². The minimum atomic E-state index is 0.108. The number of rotatable bonds is 3. The average molecular weight is 250 g/mol. The van der Waals surface area contributed by atoms with Crippen molar-refractivity contribution in [1.29, 1.82) is 0 Å². The van der Waals surface area contributed by atoms with Crippen molar-refractivity contribution < 1.29 is 4.79 Å². The molecule has 1 amide bonds. The Bertz CT molecular complexity index is 361. The first-order chi connectivity index (χ1) is 8.36. The highest BCUT2D eigenvalue weighted by molar-refractivity contribution is 5.79. The summed E-state index contributed by atoms with van der Waals surface area (Å²) < 4.78 is 0. The molecule has 18 heavy (non-hydrogen) atoms. The van der Waals surface area contributed by atoms with E-state index in [1.165, 1.54) is 38.5 Å². The minimum Gasteiger partial charge on any atom is -0.350 e. The highest BCUT2D eigenvalue weighted by atomic mass is 16.2. The summed E-state index contributed by atoms with van der Waals surface area (Å²) in [4.78, 5) is 12.0. The Morgan fingerprint density at radius 1 is 1.11 bits per heavy atom. The topological polar surface area (TPSA) is 41.1 Å². The predicted molar refractivity (Wildman–Crippen MR) is 72.2 cm³/mol. The maximum absolute atomic E-state index is 12.0. The molecule has 0 heterocycles. The second-order valence-electron chi connectivity index (χ2n) is 7.99. The standard InChI is InChI=1S/C15H26N2O/c1-13-4-11-5-14(2,8-13)10-15(6-11,9-13)17-12(18)7-16-3/h11,16H,4-10H2,1-3H3,(H,17,18). The molecule has 3 nitrogen and oxygen atoms in total. The molecular weight excluding hydrogens is 224 g/mol. The molecule has 4 bridgehead atoms. The number of hydrogen-bond acceptors (Lipinski definition) is 2. The van der Waals surface area contributed by atoms with Gasteiger partial charge in [0.05, 0.1) is 6.54 Å². The van der Waals surface area contributed by atoms with Crippen molar-refractivity contribution in [1.82, 2.24) is 10.6 Å². The van der Waals surface area contributed by atoms with Gasteiger partial charge in [0.1, 0.15) is 0 Å². The van der Waals surface area contributed by atoms with E-state index in [1.54, 1.807) is 0 Å². The van der Waals surface area contributed by atoms with Gasteiger partial charge in [0, 0.05) is 5.54 Å². The zero-order valence-corrected chi connectivity index (χ0v) is 11.9. The molecule has 4 fully saturated rings. The van der Waals surface area contributed by atoms with Gasteiger partial charge in [-0.1, -0.05) is 13.8 Å². The molecule has 0 aromatic rings. The molecule has 2 unspecified atom stereocenters. The van der Waals surface area contributed by atoms with E-state index in [-0.39, 0.29) is 11.4 Å². The fourth-order valence-electron chi connectivity index (χ4n) is 6.09. The zero-order chi connectivity index (χ0) is 13.0. The highest BCUT2D eigenvalue weighted by Crippen LogP contribution is 2.66. The van der Waals surface area contributed by atoms with Crippen molar-refractivity contribution >= 4 is 5.91 Å².